The number of hydrogen-bond donors (Lipinski definition) is 5. The number of carboxylic acids is 3. The molecule has 19 nitrogen and oxygen atoms in total. The van der Waals surface area contributed by atoms with E-state index < -0.39 is 40.3 Å². The van der Waals surface area contributed by atoms with E-state index in [4.69, 9.17) is 32.7 Å². The van der Waals surface area contributed by atoms with E-state index in [1.807, 2.05) is 25.1 Å². The van der Waals surface area contributed by atoms with Crippen molar-refractivity contribution in [3.8, 4) is 11.5 Å². The summed E-state index contributed by atoms with van der Waals surface area (Å²) < 4.78 is 43.9. The standard InChI is InChI=1S/C39H36Cl2N8O11S/c1-2-9-59-32-19-30(48-46-26-7-4-3-5-8-26)28(40)15-22(32)17-34-43-35(45-39(44-34)42-21-36(50)51)18-23-16-29(41)31(20-33(23)60-10-6-11-61(56,57)58)49-47-27-13-24(37(52)53)12-25(14-27)38(54)55/h3-5,7-8,12-16,19-20H,2,6,9-11,17-18,21H2,1H3,(H,50,51)(H,52,53)(H,54,55)(H,56,57,58)(H,42,43,44,45). The van der Waals surface area contributed by atoms with Crippen molar-refractivity contribution in [2.75, 3.05) is 30.8 Å². The molecule has 1 aromatic heterocycles. The van der Waals surface area contributed by atoms with Gasteiger partial charge in [0.2, 0.25) is 5.95 Å². The molecule has 4 aromatic carbocycles. The second-order valence-electron chi connectivity index (χ2n) is 12.9. The summed E-state index contributed by atoms with van der Waals surface area (Å²) in [5, 5.41) is 47.8. The Hall–Kier alpha value is -6.61. The molecule has 5 N–H and O–H groups in total. The van der Waals surface area contributed by atoms with Gasteiger partial charge in [0.1, 0.15) is 41.1 Å². The van der Waals surface area contributed by atoms with Gasteiger partial charge in [-0.3, -0.25) is 9.35 Å². The third-order valence-corrected chi connectivity index (χ3v) is 9.47. The van der Waals surface area contributed by atoms with E-state index in [0.717, 1.165) is 18.2 Å². The summed E-state index contributed by atoms with van der Waals surface area (Å²) in [6.45, 7) is 1.57. The number of ether oxygens (including phenoxy) is 2. The second-order valence-corrected chi connectivity index (χ2v) is 15.3. The SMILES string of the molecule is CCCOc1cc(N=Nc2ccccc2)c(Cl)cc1Cc1nc(Cc2cc(Cl)c(N=Nc3cc(C(=O)O)cc(C(=O)O)c3)cc2OCCCS(=O)(=O)O)nc(NCC(=O)O)n1. The molecule has 0 aliphatic rings. The maximum absolute atomic E-state index is 11.6. The topological polar surface area (TPSA) is 285 Å². The molecular weight excluding hydrogens is 859 g/mol. The van der Waals surface area contributed by atoms with Crippen LogP contribution in [-0.2, 0) is 27.8 Å². The van der Waals surface area contributed by atoms with Gasteiger partial charge in [0.15, 0.2) is 0 Å². The minimum Gasteiger partial charge on any atom is -0.493 e. The first-order valence-corrected chi connectivity index (χ1v) is 20.5. The summed E-state index contributed by atoms with van der Waals surface area (Å²) in [4.78, 5) is 48.2. The molecule has 5 aromatic rings. The van der Waals surface area contributed by atoms with Crippen LogP contribution in [0.5, 0.6) is 11.5 Å². The van der Waals surface area contributed by atoms with Crippen LogP contribution in [0.25, 0.3) is 0 Å². The van der Waals surface area contributed by atoms with E-state index in [1.54, 1.807) is 24.3 Å². The number of carboxylic acid groups (broad SMARTS) is 3. The third-order valence-electron chi connectivity index (χ3n) is 8.06. The lowest BCUT2D eigenvalue weighted by Crippen LogP contribution is -2.17. The number of nitrogens with zero attached hydrogens (tertiary/aromatic N) is 7. The second kappa shape index (κ2) is 21.1. The van der Waals surface area contributed by atoms with Gasteiger partial charge in [0.25, 0.3) is 10.1 Å². The Labute approximate surface area is 357 Å². The number of carbonyl (C=O) groups is 3. The molecule has 318 valence electrons. The highest BCUT2D eigenvalue weighted by atomic mass is 35.5. The van der Waals surface area contributed by atoms with Crippen LogP contribution in [0.1, 0.15) is 63.3 Å². The molecule has 0 atom stereocenters. The van der Waals surface area contributed by atoms with Gasteiger partial charge in [-0.05, 0) is 55.3 Å². The molecule has 0 unspecified atom stereocenters. The van der Waals surface area contributed by atoms with Gasteiger partial charge in [-0.15, -0.1) is 10.2 Å². The molecule has 1 heterocycles. The maximum Gasteiger partial charge on any atom is 0.335 e. The number of aromatic carboxylic acids is 2. The minimum absolute atomic E-state index is 0.00353. The summed E-state index contributed by atoms with van der Waals surface area (Å²) in [6.07, 6.45) is 0.504. The Kier molecular flexibility index (Phi) is 15.7. The van der Waals surface area contributed by atoms with E-state index >= 15 is 0 Å². The molecular formula is C39H36Cl2N8O11S. The van der Waals surface area contributed by atoms with Crippen LogP contribution in [0.15, 0.2) is 93.3 Å². The highest BCUT2D eigenvalue weighted by Crippen LogP contribution is 2.37. The van der Waals surface area contributed by atoms with E-state index in [9.17, 15) is 42.7 Å². The van der Waals surface area contributed by atoms with Crippen molar-refractivity contribution in [1.82, 2.24) is 15.0 Å². The maximum atomic E-state index is 11.6. The minimum atomic E-state index is -4.31. The normalized spacial score (nSPS) is 11.5. The van der Waals surface area contributed by atoms with Crippen molar-refractivity contribution in [3.05, 3.63) is 117 Å². The van der Waals surface area contributed by atoms with E-state index in [0.29, 0.717) is 41.3 Å². The highest BCUT2D eigenvalue weighted by molar-refractivity contribution is 7.85. The third kappa shape index (κ3) is 14.0. The number of halogens is 2. The van der Waals surface area contributed by atoms with Crippen molar-refractivity contribution in [3.63, 3.8) is 0 Å². The van der Waals surface area contributed by atoms with Crippen molar-refractivity contribution in [2.24, 2.45) is 20.5 Å². The van der Waals surface area contributed by atoms with Crippen LogP contribution in [0.2, 0.25) is 10.0 Å². The van der Waals surface area contributed by atoms with Crippen molar-refractivity contribution in [1.29, 1.82) is 0 Å². The van der Waals surface area contributed by atoms with Crippen LogP contribution in [0, 0.1) is 0 Å². The summed E-state index contributed by atoms with van der Waals surface area (Å²) in [6, 6.07) is 18.3. The van der Waals surface area contributed by atoms with Crippen LogP contribution < -0.4 is 14.8 Å². The average Bonchev–Trinajstić information content (AvgIpc) is 3.21. The van der Waals surface area contributed by atoms with Gasteiger partial charge >= 0.3 is 17.9 Å². The first kappa shape index (κ1) is 45.5. The Balaban J connectivity index is 1.52. The number of azo groups is 2. The molecule has 0 fully saturated rings. The zero-order chi connectivity index (χ0) is 44.1. The van der Waals surface area contributed by atoms with Gasteiger partial charge in [0.05, 0.1) is 51.5 Å². The number of nitrogens with one attached hydrogen (secondary N) is 1. The Morgan fingerprint density at radius 1 is 0.705 bits per heavy atom. The monoisotopic (exact) mass is 894 g/mol. The number of anilines is 1. The molecule has 22 heteroatoms. The lowest BCUT2D eigenvalue weighted by molar-refractivity contribution is -0.134. The van der Waals surface area contributed by atoms with Crippen molar-refractivity contribution < 1.29 is 52.1 Å². The highest BCUT2D eigenvalue weighted by Gasteiger charge is 2.19. The zero-order valence-corrected chi connectivity index (χ0v) is 34.4. The predicted octanol–water partition coefficient (Wildman–Crippen LogP) is 8.53. The fourth-order valence-corrected chi connectivity index (χ4v) is 6.27. The summed E-state index contributed by atoms with van der Waals surface area (Å²) in [7, 11) is -4.31. The van der Waals surface area contributed by atoms with Crippen LogP contribution in [0.3, 0.4) is 0 Å². The first-order chi connectivity index (χ1) is 29.1. The quantitative estimate of drug-likeness (QED) is 0.0262. The van der Waals surface area contributed by atoms with Gasteiger partial charge in [-0.1, -0.05) is 48.3 Å². The predicted molar refractivity (Wildman–Crippen MR) is 222 cm³/mol. The molecule has 0 bridgehead atoms. The lowest BCUT2D eigenvalue weighted by Gasteiger charge is -2.15. The van der Waals surface area contributed by atoms with E-state index in [1.165, 1.54) is 12.1 Å². The summed E-state index contributed by atoms with van der Waals surface area (Å²) in [5.41, 5.74) is 1.08. The Morgan fingerprint density at radius 3 is 1.72 bits per heavy atom. The van der Waals surface area contributed by atoms with Gasteiger partial charge < -0.3 is 30.1 Å². The van der Waals surface area contributed by atoms with Crippen molar-refractivity contribution >= 4 is 79.9 Å². The first-order valence-electron chi connectivity index (χ1n) is 18.1. The van der Waals surface area contributed by atoms with E-state index in [-0.39, 0.29) is 81.8 Å². The average molecular weight is 896 g/mol. The molecule has 0 spiro atoms. The smallest absolute Gasteiger partial charge is 0.335 e. The molecule has 0 aliphatic heterocycles. The van der Waals surface area contributed by atoms with Gasteiger partial charge in [-0.25, -0.2) is 14.6 Å². The number of aliphatic carboxylic acids is 1. The number of benzene rings is 4. The molecule has 61 heavy (non-hydrogen) atoms. The van der Waals surface area contributed by atoms with Crippen LogP contribution >= 0.6 is 23.2 Å². The molecule has 0 amide bonds. The van der Waals surface area contributed by atoms with E-state index in [2.05, 4.69) is 40.7 Å². The van der Waals surface area contributed by atoms with Crippen LogP contribution in [0.4, 0.5) is 28.7 Å². The largest absolute Gasteiger partial charge is 0.493 e. The molecule has 5 rings (SSSR count). The van der Waals surface area contributed by atoms with Gasteiger partial charge in [-0.2, -0.15) is 28.6 Å². The number of hydrogen-bond acceptors (Lipinski definition) is 15. The molecule has 0 aliphatic carbocycles. The van der Waals surface area contributed by atoms with Crippen LogP contribution in [-0.4, -0.2) is 86.7 Å². The zero-order valence-electron chi connectivity index (χ0n) is 32.0. The van der Waals surface area contributed by atoms with Crippen molar-refractivity contribution in [2.45, 2.75) is 32.6 Å². The molecule has 0 radical (unpaired) electrons. The lowest BCUT2D eigenvalue weighted by atomic mass is 10.1. The number of aromatic nitrogens is 3. The Morgan fingerprint density at radius 2 is 1.23 bits per heavy atom. The summed E-state index contributed by atoms with van der Waals surface area (Å²) >= 11 is 13.3. The Bertz CT molecular complexity index is 2570. The number of rotatable bonds is 21. The molecule has 0 saturated heterocycles. The summed E-state index contributed by atoms with van der Waals surface area (Å²) in [5.74, 6) is -3.80. The van der Waals surface area contributed by atoms with Gasteiger partial charge in [0, 0.05) is 36.1 Å². The fraction of sp³-hybridized carbons (Fsp3) is 0.231. The fourth-order valence-electron chi connectivity index (χ4n) is 5.34. The molecule has 0 saturated carbocycles.